The van der Waals surface area contributed by atoms with Gasteiger partial charge in [-0.05, 0) is 56.5 Å². The molecular formula is C16H21N3OS2. The molecule has 6 heteroatoms. The van der Waals surface area contributed by atoms with Gasteiger partial charge in [-0.25, -0.2) is 0 Å². The largest absolute Gasteiger partial charge is 0.419 e. The highest BCUT2D eigenvalue weighted by Gasteiger charge is 2.24. The third-order valence-electron chi connectivity index (χ3n) is 4.60. The van der Waals surface area contributed by atoms with Gasteiger partial charge in [0, 0.05) is 16.7 Å². The van der Waals surface area contributed by atoms with Crippen LogP contribution in [-0.4, -0.2) is 39.7 Å². The fourth-order valence-corrected chi connectivity index (χ4v) is 5.21. The fourth-order valence-electron chi connectivity index (χ4n) is 3.34. The SMILES string of the molecule is CSC1CCN(Cc2nnc(-c3cc4c(s3)CCCC4)o2)C1. The number of fused-ring (bicyclic) bond motifs is 1. The molecule has 0 bridgehead atoms. The Morgan fingerprint density at radius 3 is 3.09 bits per heavy atom. The Bertz CT molecular complexity index is 628. The summed E-state index contributed by atoms with van der Waals surface area (Å²) >= 11 is 3.79. The van der Waals surface area contributed by atoms with Crippen LogP contribution in [0.4, 0.5) is 0 Å². The average Bonchev–Trinajstić information content (AvgIpc) is 3.26. The molecule has 0 N–H and O–H groups in total. The van der Waals surface area contributed by atoms with E-state index in [4.69, 9.17) is 4.42 Å². The molecule has 2 aromatic heterocycles. The van der Waals surface area contributed by atoms with Crippen molar-refractivity contribution in [2.45, 2.75) is 43.9 Å². The van der Waals surface area contributed by atoms with Gasteiger partial charge in [0.05, 0.1) is 11.4 Å². The molecule has 4 rings (SSSR count). The molecule has 0 aromatic carbocycles. The molecule has 1 aliphatic carbocycles. The summed E-state index contributed by atoms with van der Waals surface area (Å²) in [5, 5.41) is 9.28. The van der Waals surface area contributed by atoms with Crippen LogP contribution in [-0.2, 0) is 19.4 Å². The maximum absolute atomic E-state index is 5.92. The lowest BCUT2D eigenvalue weighted by Crippen LogP contribution is -2.20. The highest BCUT2D eigenvalue weighted by molar-refractivity contribution is 7.99. The Kier molecular flexibility index (Phi) is 4.24. The number of likely N-dealkylation sites (tertiary alicyclic amines) is 1. The summed E-state index contributed by atoms with van der Waals surface area (Å²) in [6.07, 6.45) is 8.50. The van der Waals surface area contributed by atoms with Crippen LogP contribution >= 0.6 is 23.1 Å². The Morgan fingerprint density at radius 1 is 1.36 bits per heavy atom. The number of aryl methyl sites for hydroxylation is 2. The molecule has 2 aliphatic rings. The van der Waals surface area contributed by atoms with Crippen LogP contribution < -0.4 is 0 Å². The van der Waals surface area contributed by atoms with Crippen LogP contribution in [0.3, 0.4) is 0 Å². The minimum Gasteiger partial charge on any atom is -0.419 e. The zero-order chi connectivity index (χ0) is 14.9. The lowest BCUT2D eigenvalue weighted by atomic mass is 9.99. The summed E-state index contributed by atoms with van der Waals surface area (Å²) in [5.41, 5.74) is 1.49. The maximum atomic E-state index is 5.92. The van der Waals surface area contributed by atoms with Crippen molar-refractivity contribution in [3.05, 3.63) is 22.4 Å². The highest BCUT2D eigenvalue weighted by Crippen LogP contribution is 2.35. The molecule has 2 aromatic rings. The Hall–Kier alpha value is -0.850. The second-order valence-corrected chi connectivity index (χ2v) is 8.42. The summed E-state index contributed by atoms with van der Waals surface area (Å²) in [7, 11) is 0. The maximum Gasteiger partial charge on any atom is 0.257 e. The van der Waals surface area contributed by atoms with Crippen molar-refractivity contribution in [1.29, 1.82) is 0 Å². The minimum absolute atomic E-state index is 0.704. The van der Waals surface area contributed by atoms with Gasteiger partial charge in [-0.1, -0.05) is 0 Å². The molecule has 0 radical (unpaired) electrons. The zero-order valence-electron chi connectivity index (χ0n) is 12.9. The van der Waals surface area contributed by atoms with E-state index in [0.717, 1.165) is 35.7 Å². The van der Waals surface area contributed by atoms with Gasteiger partial charge in [-0.3, -0.25) is 4.90 Å². The Balaban J connectivity index is 1.46. The van der Waals surface area contributed by atoms with Crippen molar-refractivity contribution in [2.24, 2.45) is 0 Å². The standard InChI is InChI=1S/C16H21N3OS2/c1-21-12-6-7-19(9-12)10-15-17-18-16(20-15)14-8-11-4-2-3-5-13(11)22-14/h8,12H,2-7,9-10H2,1H3. The molecule has 22 heavy (non-hydrogen) atoms. The molecule has 1 fully saturated rings. The van der Waals surface area contributed by atoms with Crippen molar-refractivity contribution in [1.82, 2.24) is 15.1 Å². The Labute approximate surface area is 139 Å². The third kappa shape index (κ3) is 2.96. The first-order chi connectivity index (χ1) is 10.8. The highest BCUT2D eigenvalue weighted by atomic mass is 32.2. The first kappa shape index (κ1) is 14.7. The van der Waals surface area contributed by atoms with E-state index >= 15 is 0 Å². The van der Waals surface area contributed by atoms with Gasteiger partial charge >= 0.3 is 0 Å². The van der Waals surface area contributed by atoms with Crippen molar-refractivity contribution >= 4 is 23.1 Å². The van der Waals surface area contributed by atoms with Crippen LogP contribution in [0, 0.1) is 0 Å². The zero-order valence-corrected chi connectivity index (χ0v) is 14.5. The van der Waals surface area contributed by atoms with E-state index in [1.807, 2.05) is 23.1 Å². The van der Waals surface area contributed by atoms with Gasteiger partial charge in [0.2, 0.25) is 5.89 Å². The van der Waals surface area contributed by atoms with E-state index in [1.165, 1.54) is 42.5 Å². The number of aromatic nitrogens is 2. The van der Waals surface area contributed by atoms with E-state index < -0.39 is 0 Å². The quantitative estimate of drug-likeness (QED) is 0.854. The van der Waals surface area contributed by atoms with Crippen LogP contribution in [0.25, 0.3) is 10.8 Å². The van der Waals surface area contributed by atoms with Crippen LogP contribution in [0.15, 0.2) is 10.5 Å². The molecule has 118 valence electrons. The summed E-state index contributed by atoms with van der Waals surface area (Å²) in [5.74, 6) is 1.46. The first-order valence-corrected chi connectivity index (χ1v) is 10.1. The lowest BCUT2D eigenvalue weighted by molar-refractivity contribution is 0.293. The topological polar surface area (TPSA) is 42.2 Å². The smallest absolute Gasteiger partial charge is 0.257 e. The van der Waals surface area contributed by atoms with E-state index in [9.17, 15) is 0 Å². The van der Waals surface area contributed by atoms with Crippen LogP contribution in [0.5, 0.6) is 0 Å². The van der Waals surface area contributed by atoms with Crippen molar-refractivity contribution < 1.29 is 4.42 Å². The normalized spacial score (nSPS) is 22.1. The summed E-state index contributed by atoms with van der Waals surface area (Å²) < 4.78 is 5.92. The molecule has 1 saturated heterocycles. The number of thiophene rings is 1. The monoisotopic (exact) mass is 335 g/mol. The van der Waals surface area contributed by atoms with Gasteiger partial charge < -0.3 is 4.42 Å². The fraction of sp³-hybridized carbons (Fsp3) is 0.625. The molecule has 1 unspecified atom stereocenters. The first-order valence-electron chi connectivity index (χ1n) is 8.01. The molecule has 0 amide bonds. The number of nitrogens with zero attached hydrogens (tertiary/aromatic N) is 3. The van der Waals surface area contributed by atoms with E-state index in [0.29, 0.717) is 5.89 Å². The van der Waals surface area contributed by atoms with E-state index in [2.05, 4.69) is 27.4 Å². The molecular weight excluding hydrogens is 314 g/mol. The predicted molar refractivity (Wildman–Crippen MR) is 91.5 cm³/mol. The van der Waals surface area contributed by atoms with Crippen LogP contribution in [0.1, 0.15) is 35.6 Å². The lowest BCUT2D eigenvalue weighted by Gasteiger charge is -2.11. The summed E-state index contributed by atoms with van der Waals surface area (Å²) in [6, 6.07) is 2.26. The summed E-state index contributed by atoms with van der Waals surface area (Å²) in [6.45, 7) is 3.05. The molecule has 0 spiro atoms. The summed E-state index contributed by atoms with van der Waals surface area (Å²) in [4.78, 5) is 5.08. The van der Waals surface area contributed by atoms with E-state index in [1.54, 1.807) is 0 Å². The predicted octanol–water partition coefficient (Wildman–Crippen LogP) is 3.61. The Morgan fingerprint density at radius 2 is 2.27 bits per heavy atom. The second-order valence-electron chi connectivity index (χ2n) is 6.15. The van der Waals surface area contributed by atoms with Gasteiger partial charge in [0.15, 0.2) is 0 Å². The van der Waals surface area contributed by atoms with Gasteiger partial charge in [0.25, 0.3) is 5.89 Å². The average molecular weight is 335 g/mol. The molecule has 0 saturated carbocycles. The molecule has 3 heterocycles. The van der Waals surface area contributed by atoms with E-state index in [-0.39, 0.29) is 0 Å². The number of hydrogen-bond donors (Lipinski definition) is 0. The van der Waals surface area contributed by atoms with Crippen molar-refractivity contribution in [3.8, 4) is 10.8 Å². The van der Waals surface area contributed by atoms with Gasteiger partial charge in [-0.15, -0.1) is 21.5 Å². The van der Waals surface area contributed by atoms with Gasteiger partial charge in [0.1, 0.15) is 0 Å². The van der Waals surface area contributed by atoms with Crippen molar-refractivity contribution in [3.63, 3.8) is 0 Å². The molecule has 1 aliphatic heterocycles. The van der Waals surface area contributed by atoms with Crippen molar-refractivity contribution in [2.75, 3.05) is 19.3 Å². The molecule has 4 nitrogen and oxygen atoms in total. The minimum atomic E-state index is 0.704. The van der Waals surface area contributed by atoms with Gasteiger partial charge in [-0.2, -0.15) is 11.8 Å². The van der Waals surface area contributed by atoms with Crippen LogP contribution in [0.2, 0.25) is 0 Å². The number of rotatable bonds is 4. The number of thioether (sulfide) groups is 1. The third-order valence-corrected chi connectivity index (χ3v) is 6.87. The number of hydrogen-bond acceptors (Lipinski definition) is 6. The second kappa shape index (κ2) is 6.34. The molecule has 1 atom stereocenters.